The summed E-state index contributed by atoms with van der Waals surface area (Å²) in [6, 6.07) is 3.30. The third-order valence-corrected chi connectivity index (χ3v) is 5.85. The highest BCUT2D eigenvalue weighted by Crippen LogP contribution is 2.22. The Morgan fingerprint density at radius 1 is 1.11 bits per heavy atom. The van der Waals surface area contributed by atoms with Gasteiger partial charge >= 0.3 is 0 Å². The van der Waals surface area contributed by atoms with Crippen molar-refractivity contribution in [2.24, 2.45) is 0 Å². The first-order valence-corrected chi connectivity index (χ1v) is 9.97. The molecule has 9 heteroatoms. The van der Waals surface area contributed by atoms with E-state index >= 15 is 0 Å². The maximum Gasteiger partial charge on any atom is 0.275 e. The molecule has 2 N–H and O–H groups in total. The Morgan fingerprint density at radius 3 is 2.52 bits per heavy atom. The largest absolute Gasteiger partial charge is 0.342 e. The number of carbonyl (C=O) groups excluding carboxylic acids is 2. The summed E-state index contributed by atoms with van der Waals surface area (Å²) in [7, 11) is 0. The fourth-order valence-corrected chi connectivity index (χ4v) is 4.02. The van der Waals surface area contributed by atoms with E-state index in [4.69, 9.17) is 0 Å². The van der Waals surface area contributed by atoms with Gasteiger partial charge in [0, 0.05) is 11.1 Å². The summed E-state index contributed by atoms with van der Waals surface area (Å²) in [5.41, 5.74) is 2.51. The van der Waals surface area contributed by atoms with E-state index in [0.717, 1.165) is 10.7 Å². The van der Waals surface area contributed by atoms with Gasteiger partial charge in [0.25, 0.3) is 11.8 Å². The molecule has 0 saturated heterocycles. The molecule has 27 heavy (non-hydrogen) atoms. The van der Waals surface area contributed by atoms with E-state index in [9.17, 15) is 9.59 Å². The first-order valence-electron chi connectivity index (χ1n) is 8.28. The molecule has 3 aromatic rings. The molecule has 0 unspecified atom stereocenters. The molecule has 0 bridgehead atoms. The zero-order valence-electron chi connectivity index (χ0n) is 15.4. The van der Waals surface area contributed by atoms with Crippen molar-refractivity contribution >= 4 is 40.2 Å². The molecule has 7 nitrogen and oxygen atoms in total. The lowest BCUT2D eigenvalue weighted by atomic mass is 10.3. The molecule has 1 atom stereocenters. The smallest absolute Gasteiger partial charge is 0.275 e. The Balaban J connectivity index is 1.65. The van der Waals surface area contributed by atoms with E-state index < -0.39 is 0 Å². The number of hydrogen-bond acceptors (Lipinski definition) is 7. The van der Waals surface area contributed by atoms with Crippen LogP contribution in [0.1, 0.15) is 54.5 Å². The van der Waals surface area contributed by atoms with Crippen LogP contribution in [0.15, 0.2) is 23.7 Å². The van der Waals surface area contributed by atoms with Gasteiger partial charge in [-0.05, 0) is 39.8 Å². The molecule has 0 aliphatic carbocycles. The van der Waals surface area contributed by atoms with Gasteiger partial charge in [0.2, 0.25) is 0 Å². The van der Waals surface area contributed by atoms with Crippen LogP contribution in [-0.4, -0.2) is 26.8 Å². The van der Waals surface area contributed by atoms with E-state index in [1.807, 2.05) is 33.8 Å². The number of carbonyl (C=O) groups is 2. The average molecular weight is 402 g/mol. The Morgan fingerprint density at radius 2 is 1.89 bits per heavy atom. The summed E-state index contributed by atoms with van der Waals surface area (Å²) in [6.45, 7) is 7.40. The lowest BCUT2D eigenvalue weighted by molar-refractivity contribution is 0.0943. The highest BCUT2D eigenvalue weighted by atomic mass is 32.1. The van der Waals surface area contributed by atoms with Crippen molar-refractivity contribution in [3.05, 3.63) is 55.7 Å². The monoisotopic (exact) mass is 401 g/mol. The molecular weight excluding hydrogens is 382 g/mol. The van der Waals surface area contributed by atoms with Crippen molar-refractivity contribution in [2.75, 3.05) is 5.32 Å². The number of nitrogens with one attached hydrogen (secondary N) is 2. The molecular formula is C18H19N5O2S2. The van der Waals surface area contributed by atoms with Crippen molar-refractivity contribution in [3.8, 4) is 0 Å². The van der Waals surface area contributed by atoms with Gasteiger partial charge in [-0.15, -0.1) is 22.7 Å². The number of nitrogens with zero attached hydrogens (tertiary/aromatic N) is 3. The lowest BCUT2D eigenvalue weighted by Gasteiger charge is -2.10. The summed E-state index contributed by atoms with van der Waals surface area (Å²) < 4.78 is 0. The SMILES string of the molecule is Cc1ccc(NC(=O)c2csc([C@@H](C)NC(=O)c3sc(C)nc3C)n2)cn1. The zero-order valence-corrected chi connectivity index (χ0v) is 17.0. The third-order valence-electron chi connectivity index (χ3n) is 3.75. The van der Waals surface area contributed by atoms with Crippen LogP contribution in [0.4, 0.5) is 5.69 Å². The summed E-state index contributed by atoms with van der Waals surface area (Å²) in [5, 5.41) is 8.87. The Bertz CT molecular complexity index is 978. The van der Waals surface area contributed by atoms with Crippen LogP contribution in [0.2, 0.25) is 0 Å². The van der Waals surface area contributed by atoms with Gasteiger partial charge in [-0.1, -0.05) is 0 Å². The normalized spacial score (nSPS) is 11.9. The van der Waals surface area contributed by atoms with Gasteiger partial charge < -0.3 is 10.6 Å². The fourth-order valence-electron chi connectivity index (χ4n) is 2.39. The first kappa shape index (κ1) is 19.1. The summed E-state index contributed by atoms with van der Waals surface area (Å²) in [4.78, 5) is 38.1. The van der Waals surface area contributed by atoms with Crippen molar-refractivity contribution in [3.63, 3.8) is 0 Å². The van der Waals surface area contributed by atoms with Crippen LogP contribution in [-0.2, 0) is 0 Å². The fraction of sp³-hybridized carbons (Fsp3) is 0.278. The van der Waals surface area contributed by atoms with Crippen LogP contribution >= 0.6 is 22.7 Å². The number of aryl methyl sites for hydroxylation is 3. The van der Waals surface area contributed by atoms with Gasteiger partial charge in [-0.25, -0.2) is 9.97 Å². The van der Waals surface area contributed by atoms with Gasteiger partial charge in [0.15, 0.2) is 0 Å². The van der Waals surface area contributed by atoms with E-state index in [0.29, 0.717) is 27.0 Å². The highest BCUT2D eigenvalue weighted by molar-refractivity contribution is 7.13. The predicted molar refractivity (Wildman–Crippen MR) is 107 cm³/mol. The number of thiazole rings is 2. The van der Waals surface area contributed by atoms with Gasteiger partial charge in [0.1, 0.15) is 15.6 Å². The molecule has 0 aromatic carbocycles. The van der Waals surface area contributed by atoms with E-state index in [1.54, 1.807) is 17.6 Å². The zero-order chi connectivity index (χ0) is 19.6. The molecule has 0 aliphatic rings. The standard InChI is InChI=1S/C18H19N5O2S2/c1-9-5-6-13(7-19-9)22-16(24)14-8-26-18(23-14)11(3)21-17(25)15-10(2)20-12(4)27-15/h5-8,11H,1-4H3,(H,21,25)(H,22,24)/t11-/m1/s1. The maximum absolute atomic E-state index is 12.4. The number of pyridine rings is 1. The number of hydrogen-bond donors (Lipinski definition) is 2. The van der Waals surface area contributed by atoms with E-state index in [-0.39, 0.29) is 17.9 Å². The second-order valence-corrected chi connectivity index (χ2v) is 8.15. The molecule has 0 saturated carbocycles. The molecule has 0 fully saturated rings. The molecule has 0 spiro atoms. The summed E-state index contributed by atoms with van der Waals surface area (Å²) in [6.07, 6.45) is 1.60. The van der Waals surface area contributed by atoms with Gasteiger partial charge in [0.05, 0.1) is 28.6 Å². The van der Waals surface area contributed by atoms with Crippen LogP contribution in [0.3, 0.4) is 0 Å². The second kappa shape index (κ2) is 7.93. The number of anilines is 1. The predicted octanol–water partition coefficient (Wildman–Crippen LogP) is 3.66. The second-order valence-electron chi connectivity index (χ2n) is 6.06. The van der Waals surface area contributed by atoms with Crippen molar-refractivity contribution in [2.45, 2.75) is 33.7 Å². The summed E-state index contributed by atoms with van der Waals surface area (Å²) >= 11 is 2.69. The van der Waals surface area contributed by atoms with Gasteiger partial charge in [-0.3, -0.25) is 14.6 Å². The number of rotatable bonds is 5. The molecule has 3 aromatic heterocycles. The van der Waals surface area contributed by atoms with Crippen molar-refractivity contribution < 1.29 is 9.59 Å². The minimum absolute atomic E-state index is 0.183. The molecule has 140 valence electrons. The van der Waals surface area contributed by atoms with Crippen LogP contribution < -0.4 is 10.6 Å². The molecule has 3 rings (SSSR count). The Labute approximate surface area is 164 Å². The molecule has 0 aliphatic heterocycles. The molecule has 3 heterocycles. The minimum Gasteiger partial charge on any atom is -0.342 e. The van der Waals surface area contributed by atoms with Crippen molar-refractivity contribution in [1.82, 2.24) is 20.3 Å². The topological polar surface area (TPSA) is 96.9 Å². The van der Waals surface area contributed by atoms with E-state index in [1.165, 1.54) is 22.7 Å². The van der Waals surface area contributed by atoms with Crippen molar-refractivity contribution in [1.29, 1.82) is 0 Å². The Kier molecular flexibility index (Phi) is 5.62. The highest BCUT2D eigenvalue weighted by Gasteiger charge is 2.20. The molecule has 2 amide bonds. The van der Waals surface area contributed by atoms with Crippen LogP contribution in [0.5, 0.6) is 0 Å². The Hall–Kier alpha value is -2.65. The minimum atomic E-state index is -0.313. The summed E-state index contributed by atoms with van der Waals surface area (Å²) in [5.74, 6) is -0.492. The van der Waals surface area contributed by atoms with Crippen LogP contribution in [0, 0.1) is 20.8 Å². The molecule has 0 radical (unpaired) electrons. The van der Waals surface area contributed by atoms with Gasteiger partial charge in [-0.2, -0.15) is 0 Å². The van der Waals surface area contributed by atoms with E-state index in [2.05, 4.69) is 25.6 Å². The third kappa shape index (κ3) is 4.55. The van der Waals surface area contributed by atoms with Crippen LogP contribution in [0.25, 0.3) is 0 Å². The first-order chi connectivity index (χ1) is 12.8. The number of aromatic nitrogens is 3. The lowest BCUT2D eigenvalue weighted by Crippen LogP contribution is -2.26. The quantitative estimate of drug-likeness (QED) is 0.680. The average Bonchev–Trinajstić information content (AvgIpc) is 3.23. The number of amides is 2. The maximum atomic E-state index is 12.4.